The van der Waals surface area contributed by atoms with Crippen molar-refractivity contribution >= 4 is 11.9 Å². The second-order valence-electron chi connectivity index (χ2n) is 8.80. The standard InChI is InChI=1S/C24H38O4.C5H5NO/c1-3-5-7-9-11-13-16-20-17-15-18-21(22(20)23(25)26)24(27)28-19-14-12-10-8-6-4-2;7-5-1-3-6-4-2-5/h15,17-18H,3-14,16,19H2,1-2H3,(H,25,26);1-4H,(H,6,7). The number of benzene rings is 1. The van der Waals surface area contributed by atoms with Crippen LogP contribution in [-0.2, 0) is 11.2 Å². The summed E-state index contributed by atoms with van der Waals surface area (Å²) in [5.74, 6) is -1.57. The Labute approximate surface area is 210 Å². The van der Waals surface area contributed by atoms with Crippen LogP contribution in [0.25, 0.3) is 0 Å². The van der Waals surface area contributed by atoms with Crippen molar-refractivity contribution in [2.24, 2.45) is 0 Å². The van der Waals surface area contributed by atoms with Gasteiger partial charge in [0.1, 0.15) is 0 Å². The van der Waals surface area contributed by atoms with Crippen LogP contribution in [0.15, 0.2) is 47.5 Å². The maximum Gasteiger partial charge on any atom is 0.339 e. The predicted molar refractivity (Wildman–Crippen MR) is 141 cm³/mol. The predicted octanol–water partition coefficient (Wildman–Crippen LogP) is 7.18. The quantitative estimate of drug-likeness (QED) is 0.194. The number of carbonyl (C=O) groups is 2. The van der Waals surface area contributed by atoms with Crippen molar-refractivity contribution in [3.63, 3.8) is 0 Å². The second-order valence-corrected chi connectivity index (χ2v) is 8.80. The van der Waals surface area contributed by atoms with Crippen LogP contribution in [0.1, 0.15) is 117 Å². The molecule has 0 spiro atoms. The summed E-state index contributed by atoms with van der Waals surface area (Å²) in [6.45, 7) is 4.73. The summed E-state index contributed by atoms with van der Waals surface area (Å²) in [6, 6.07) is 8.10. The number of carboxylic acids is 1. The molecule has 0 aliphatic heterocycles. The first-order valence-corrected chi connectivity index (χ1v) is 13.2. The SMILES string of the molecule is CCCCCCCCOC(=O)c1cccc(CCCCCCCC)c1C(=O)O.O=c1cc[nH]cc1. The zero-order valence-electron chi connectivity index (χ0n) is 21.5. The van der Waals surface area contributed by atoms with Crippen molar-refractivity contribution in [2.45, 2.75) is 97.3 Å². The third-order valence-electron chi connectivity index (χ3n) is 5.80. The van der Waals surface area contributed by atoms with Gasteiger partial charge in [-0.05, 0) is 30.9 Å². The molecule has 0 atom stereocenters. The van der Waals surface area contributed by atoms with Crippen molar-refractivity contribution in [3.05, 3.63) is 69.6 Å². The number of esters is 1. The van der Waals surface area contributed by atoms with Gasteiger partial charge in [-0.25, -0.2) is 9.59 Å². The minimum absolute atomic E-state index is 0.0405. The normalized spacial score (nSPS) is 10.3. The van der Waals surface area contributed by atoms with Gasteiger partial charge in [-0.1, -0.05) is 90.2 Å². The fourth-order valence-electron chi connectivity index (χ4n) is 3.82. The van der Waals surface area contributed by atoms with Crippen LogP contribution in [0.4, 0.5) is 0 Å². The molecule has 2 N–H and O–H groups in total. The number of carboxylic acid groups (broad SMARTS) is 1. The van der Waals surface area contributed by atoms with Gasteiger partial charge in [-0.3, -0.25) is 4.79 Å². The van der Waals surface area contributed by atoms with Crippen molar-refractivity contribution < 1.29 is 19.4 Å². The molecule has 194 valence electrons. The number of aromatic amines is 1. The Hall–Kier alpha value is -2.89. The summed E-state index contributed by atoms with van der Waals surface area (Å²) < 4.78 is 5.35. The number of aromatic nitrogens is 1. The van der Waals surface area contributed by atoms with E-state index in [-0.39, 0.29) is 16.6 Å². The molecule has 6 heteroatoms. The topological polar surface area (TPSA) is 96.5 Å². The Bertz CT molecular complexity index is 888. The summed E-state index contributed by atoms with van der Waals surface area (Å²) in [6.07, 6.45) is 17.5. The number of rotatable bonds is 16. The first-order valence-electron chi connectivity index (χ1n) is 13.2. The van der Waals surface area contributed by atoms with Crippen LogP contribution in [0.5, 0.6) is 0 Å². The number of nitrogens with one attached hydrogen (secondary N) is 1. The first-order chi connectivity index (χ1) is 17.0. The van der Waals surface area contributed by atoms with Crippen LogP contribution in [-0.4, -0.2) is 28.6 Å². The molecular weight excluding hydrogens is 442 g/mol. The van der Waals surface area contributed by atoms with Crippen molar-refractivity contribution in [3.8, 4) is 0 Å². The minimum atomic E-state index is -1.05. The fourth-order valence-corrected chi connectivity index (χ4v) is 3.82. The lowest BCUT2D eigenvalue weighted by Crippen LogP contribution is -2.15. The van der Waals surface area contributed by atoms with E-state index in [1.807, 2.05) is 6.07 Å². The number of H-pyrrole nitrogens is 1. The number of aromatic carboxylic acids is 1. The van der Waals surface area contributed by atoms with E-state index < -0.39 is 11.9 Å². The van der Waals surface area contributed by atoms with Crippen LogP contribution in [0, 0.1) is 0 Å². The molecule has 6 nitrogen and oxygen atoms in total. The molecule has 0 saturated heterocycles. The van der Waals surface area contributed by atoms with Gasteiger partial charge < -0.3 is 14.8 Å². The molecular formula is C29H43NO5. The van der Waals surface area contributed by atoms with Crippen LogP contribution >= 0.6 is 0 Å². The number of pyridine rings is 1. The van der Waals surface area contributed by atoms with Gasteiger partial charge >= 0.3 is 11.9 Å². The monoisotopic (exact) mass is 485 g/mol. The first kappa shape index (κ1) is 30.1. The molecule has 0 aliphatic rings. The molecule has 0 amide bonds. The Morgan fingerprint density at radius 3 is 1.91 bits per heavy atom. The van der Waals surface area contributed by atoms with Gasteiger partial charge in [0.2, 0.25) is 0 Å². The van der Waals surface area contributed by atoms with Crippen LogP contribution < -0.4 is 5.43 Å². The van der Waals surface area contributed by atoms with Crippen molar-refractivity contribution in [1.29, 1.82) is 0 Å². The Kier molecular flexibility index (Phi) is 16.7. The third kappa shape index (κ3) is 13.5. The number of hydrogen-bond donors (Lipinski definition) is 2. The largest absolute Gasteiger partial charge is 0.478 e. The molecule has 1 heterocycles. The molecule has 1 aromatic carbocycles. The lowest BCUT2D eigenvalue weighted by Gasteiger charge is -2.12. The maximum absolute atomic E-state index is 12.4. The smallest absolute Gasteiger partial charge is 0.339 e. The van der Waals surface area contributed by atoms with E-state index in [2.05, 4.69) is 18.8 Å². The second kappa shape index (κ2) is 19.4. The lowest BCUT2D eigenvalue weighted by atomic mass is 9.96. The molecule has 2 rings (SSSR count). The number of hydrogen-bond acceptors (Lipinski definition) is 4. The average Bonchev–Trinajstić information content (AvgIpc) is 2.86. The van der Waals surface area contributed by atoms with Gasteiger partial charge in [0, 0.05) is 24.5 Å². The van der Waals surface area contributed by atoms with Crippen LogP contribution in [0.3, 0.4) is 0 Å². The molecule has 1 aromatic heterocycles. The number of carbonyl (C=O) groups excluding carboxylic acids is 1. The highest BCUT2D eigenvalue weighted by molar-refractivity contribution is 6.03. The Balaban J connectivity index is 0.000000744. The van der Waals surface area contributed by atoms with E-state index in [0.717, 1.165) is 37.7 Å². The Morgan fingerprint density at radius 1 is 0.800 bits per heavy atom. The molecule has 35 heavy (non-hydrogen) atoms. The molecule has 0 bridgehead atoms. The van der Waals surface area contributed by atoms with E-state index in [9.17, 15) is 19.5 Å². The number of unbranched alkanes of at least 4 members (excludes halogenated alkanes) is 10. The zero-order chi connectivity index (χ0) is 25.7. The fraction of sp³-hybridized carbons (Fsp3) is 0.552. The van der Waals surface area contributed by atoms with Gasteiger partial charge in [-0.2, -0.15) is 0 Å². The van der Waals surface area contributed by atoms with Gasteiger partial charge in [-0.15, -0.1) is 0 Å². The highest BCUT2D eigenvalue weighted by atomic mass is 16.5. The average molecular weight is 486 g/mol. The van der Waals surface area contributed by atoms with E-state index in [1.54, 1.807) is 24.5 Å². The Morgan fingerprint density at radius 2 is 1.37 bits per heavy atom. The van der Waals surface area contributed by atoms with Gasteiger partial charge in [0.25, 0.3) is 0 Å². The van der Waals surface area contributed by atoms with Crippen LogP contribution in [0.2, 0.25) is 0 Å². The van der Waals surface area contributed by atoms with E-state index >= 15 is 0 Å². The van der Waals surface area contributed by atoms with Crippen molar-refractivity contribution in [2.75, 3.05) is 6.61 Å². The summed E-state index contributed by atoms with van der Waals surface area (Å²) in [7, 11) is 0. The van der Waals surface area contributed by atoms with Gasteiger partial charge in [0.05, 0.1) is 17.7 Å². The maximum atomic E-state index is 12.4. The molecule has 0 unspecified atom stereocenters. The molecule has 0 aliphatic carbocycles. The zero-order valence-corrected chi connectivity index (χ0v) is 21.5. The molecule has 0 fully saturated rings. The van der Waals surface area contributed by atoms with Gasteiger partial charge in [0.15, 0.2) is 5.43 Å². The molecule has 0 saturated carbocycles. The van der Waals surface area contributed by atoms with E-state index in [0.29, 0.717) is 13.0 Å². The third-order valence-corrected chi connectivity index (χ3v) is 5.80. The van der Waals surface area contributed by atoms with E-state index in [1.165, 1.54) is 57.1 Å². The molecule has 2 aromatic rings. The highest BCUT2D eigenvalue weighted by Gasteiger charge is 2.21. The lowest BCUT2D eigenvalue weighted by molar-refractivity contribution is 0.0487. The minimum Gasteiger partial charge on any atom is -0.478 e. The summed E-state index contributed by atoms with van der Waals surface area (Å²) in [5.41, 5.74) is 1.07. The summed E-state index contributed by atoms with van der Waals surface area (Å²) >= 11 is 0. The number of aryl methyl sites for hydroxylation is 1. The van der Waals surface area contributed by atoms with E-state index in [4.69, 9.17) is 4.74 Å². The molecule has 0 radical (unpaired) electrons. The van der Waals surface area contributed by atoms with Crippen molar-refractivity contribution in [1.82, 2.24) is 4.98 Å². The summed E-state index contributed by atoms with van der Waals surface area (Å²) in [5, 5.41) is 9.65. The summed E-state index contributed by atoms with van der Waals surface area (Å²) in [4.78, 5) is 37.2. The number of ether oxygens (including phenoxy) is 1. The highest BCUT2D eigenvalue weighted by Crippen LogP contribution is 2.20.